The molecule has 0 saturated heterocycles. The summed E-state index contributed by atoms with van der Waals surface area (Å²) >= 11 is 0. The molecule has 0 saturated carbocycles. The van der Waals surface area contributed by atoms with Gasteiger partial charge in [-0.15, -0.1) is 13.2 Å². The van der Waals surface area contributed by atoms with Crippen LogP contribution in [0.1, 0.15) is 18.5 Å². The summed E-state index contributed by atoms with van der Waals surface area (Å²) in [7, 11) is 0. The molecular weight excluding hydrogens is 460 g/mol. The van der Waals surface area contributed by atoms with Gasteiger partial charge in [0, 0.05) is 5.56 Å². The first-order valence-corrected chi connectivity index (χ1v) is 9.90. The van der Waals surface area contributed by atoms with E-state index >= 15 is 0 Å². The second-order valence-corrected chi connectivity index (χ2v) is 7.44. The van der Waals surface area contributed by atoms with Gasteiger partial charge >= 0.3 is 12.1 Å². The van der Waals surface area contributed by atoms with E-state index in [-0.39, 0.29) is 17.8 Å². The highest BCUT2D eigenvalue weighted by Gasteiger charge is 2.41. The summed E-state index contributed by atoms with van der Waals surface area (Å²) < 4.78 is 59.0. The quantitative estimate of drug-likeness (QED) is 0.410. The normalized spacial score (nSPS) is 14.5. The van der Waals surface area contributed by atoms with Gasteiger partial charge in [-0.25, -0.2) is 28.1 Å². The van der Waals surface area contributed by atoms with E-state index in [9.17, 15) is 27.5 Å². The van der Waals surface area contributed by atoms with E-state index in [4.69, 9.17) is 0 Å². The summed E-state index contributed by atoms with van der Waals surface area (Å²) in [6.07, 6.45) is -1.11. The first-order valence-electron chi connectivity index (χ1n) is 9.90. The minimum absolute atomic E-state index is 0.0758. The van der Waals surface area contributed by atoms with Crippen LogP contribution in [0.25, 0.3) is 5.69 Å². The van der Waals surface area contributed by atoms with Crippen molar-refractivity contribution >= 4 is 0 Å². The molecule has 2 heterocycles. The zero-order valence-electron chi connectivity index (χ0n) is 17.6. The fourth-order valence-corrected chi connectivity index (χ4v) is 3.59. The second-order valence-electron chi connectivity index (χ2n) is 7.44. The molecule has 0 bridgehead atoms. The first kappa shape index (κ1) is 23.2. The van der Waals surface area contributed by atoms with Crippen molar-refractivity contribution < 1.29 is 27.4 Å². The molecule has 0 spiro atoms. The minimum atomic E-state index is -4.85. The van der Waals surface area contributed by atoms with Gasteiger partial charge in [0.05, 0.1) is 18.3 Å². The predicted octanol–water partition coefficient (Wildman–Crippen LogP) is 2.81. The smallest absolute Gasteiger partial charge is 0.406 e. The fourth-order valence-electron chi connectivity index (χ4n) is 3.59. The lowest BCUT2D eigenvalue weighted by Crippen LogP contribution is -2.44. The van der Waals surface area contributed by atoms with Crippen molar-refractivity contribution in [2.75, 3.05) is 0 Å². The lowest BCUT2D eigenvalue weighted by Gasteiger charge is -2.34. The highest BCUT2D eigenvalue weighted by Crippen LogP contribution is 2.35. The lowest BCUT2D eigenvalue weighted by molar-refractivity contribution is -0.274. The van der Waals surface area contributed by atoms with E-state index in [2.05, 4.69) is 19.9 Å². The number of aliphatic hydroxyl groups is 1. The zero-order chi connectivity index (χ0) is 24.5. The van der Waals surface area contributed by atoms with Crippen LogP contribution in [0.4, 0.5) is 17.6 Å². The number of hydrogen-bond donors (Lipinski definition) is 1. The number of aromatic nitrogens is 6. The Bertz CT molecular complexity index is 1320. The van der Waals surface area contributed by atoms with Gasteiger partial charge in [-0.2, -0.15) is 10.2 Å². The summed E-state index contributed by atoms with van der Waals surface area (Å²) in [5.74, 6) is -1.14. The maximum absolute atomic E-state index is 14.7. The number of hydrogen-bond acceptors (Lipinski definition) is 6. The summed E-state index contributed by atoms with van der Waals surface area (Å²) in [6.45, 7) is 1.25. The Labute approximate surface area is 189 Å². The monoisotopic (exact) mass is 478 g/mol. The molecule has 0 aliphatic heterocycles. The van der Waals surface area contributed by atoms with Gasteiger partial charge in [-0.1, -0.05) is 18.2 Å². The van der Waals surface area contributed by atoms with E-state index in [0.717, 1.165) is 27.7 Å². The van der Waals surface area contributed by atoms with E-state index < -0.39 is 35.3 Å². The molecule has 0 amide bonds. The third-order valence-corrected chi connectivity index (χ3v) is 5.31. The molecule has 2 aromatic heterocycles. The number of ether oxygens (including phenoxy) is 1. The van der Waals surface area contributed by atoms with Gasteiger partial charge < -0.3 is 9.84 Å². The Balaban J connectivity index is 1.71. The van der Waals surface area contributed by atoms with Gasteiger partial charge in [0.15, 0.2) is 0 Å². The Hall–Kier alpha value is -4.00. The molecule has 4 rings (SSSR count). The van der Waals surface area contributed by atoms with E-state index in [1.54, 1.807) is 6.07 Å². The highest BCUT2D eigenvalue weighted by atomic mass is 19.4. The van der Waals surface area contributed by atoms with Crippen LogP contribution < -0.4 is 10.4 Å². The third-order valence-electron chi connectivity index (χ3n) is 5.31. The van der Waals surface area contributed by atoms with Crippen LogP contribution in [0.2, 0.25) is 0 Å². The van der Waals surface area contributed by atoms with Crippen LogP contribution in [0.15, 0.2) is 72.3 Å². The van der Waals surface area contributed by atoms with E-state index in [0.29, 0.717) is 0 Å². The van der Waals surface area contributed by atoms with Gasteiger partial charge in [-0.05, 0) is 37.3 Å². The minimum Gasteiger partial charge on any atom is -0.406 e. The van der Waals surface area contributed by atoms with Crippen LogP contribution in [-0.4, -0.2) is 40.6 Å². The summed E-state index contributed by atoms with van der Waals surface area (Å²) in [6, 6.07) is 9.10. The summed E-state index contributed by atoms with van der Waals surface area (Å²) in [4.78, 5) is 16.9. The molecule has 178 valence electrons. The van der Waals surface area contributed by atoms with Crippen molar-refractivity contribution in [1.82, 2.24) is 29.1 Å². The maximum atomic E-state index is 14.7. The Morgan fingerprint density at radius 1 is 1.06 bits per heavy atom. The fraction of sp³-hybridized carbons (Fsp3) is 0.238. The predicted molar refractivity (Wildman–Crippen MR) is 110 cm³/mol. The van der Waals surface area contributed by atoms with Crippen LogP contribution in [0, 0.1) is 5.82 Å². The summed E-state index contributed by atoms with van der Waals surface area (Å²) in [5.41, 5.74) is -2.53. The average Bonchev–Trinajstić information content (AvgIpc) is 3.42. The van der Waals surface area contributed by atoms with Crippen LogP contribution >= 0.6 is 0 Å². The van der Waals surface area contributed by atoms with Crippen LogP contribution in [0.3, 0.4) is 0 Å². The van der Waals surface area contributed by atoms with E-state index in [1.807, 2.05) is 0 Å². The molecule has 2 aromatic carbocycles. The van der Waals surface area contributed by atoms with Crippen molar-refractivity contribution in [3.8, 4) is 11.4 Å². The molecule has 2 atom stereocenters. The summed E-state index contributed by atoms with van der Waals surface area (Å²) in [5, 5.41) is 19.7. The molecule has 0 unspecified atom stereocenters. The van der Waals surface area contributed by atoms with Gasteiger partial charge in [0.2, 0.25) is 0 Å². The molecule has 0 aliphatic rings. The first-order chi connectivity index (χ1) is 16.1. The Morgan fingerprint density at radius 2 is 1.76 bits per heavy atom. The highest BCUT2D eigenvalue weighted by molar-refractivity contribution is 5.37. The Kier molecular flexibility index (Phi) is 5.96. The molecule has 0 fully saturated rings. The van der Waals surface area contributed by atoms with Crippen molar-refractivity contribution in [1.29, 1.82) is 0 Å². The standard InChI is InChI=1S/C21H18F4N6O3/c1-14(20(33,10-29-12-26-11-27-29)17-4-2-3-5-18(17)22)31-19(32)30(13-28-31)15-6-8-16(9-7-15)34-21(23,24)25/h2-9,11-14,33H,10H2,1H3/t14-,20-/m1/s1. The molecular formula is C21H18F4N6O3. The van der Waals surface area contributed by atoms with Crippen LogP contribution in [-0.2, 0) is 12.1 Å². The van der Waals surface area contributed by atoms with Crippen molar-refractivity contribution in [2.45, 2.75) is 31.5 Å². The molecule has 13 heteroatoms. The number of halogens is 4. The third kappa shape index (κ3) is 4.55. The number of benzene rings is 2. The number of rotatable bonds is 7. The van der Waals surface area contributed by atoms with Gasteiger partial charge in [0.1, 0.15) is 36.1 Å². The molecule has 0 radical (unpaired) electrons. The van der Waals surface area contributed by atoms with Crippen molar-refractivity contribution in [2.24, 2.45) is 0 Å². The van der Waals surface area contributed by atoms with Gasteiger partial charge in [0.25, 0.3) is 0 Å². The second kappa shape index (κ2) is 8.74. The number of nitrogens with zero attached hydrogens (tertiary/aromatic N) is 6. The maximum Gasteiger partial charge on any atom is 0.573 e. The van der Waals surface area contributed by atoms with Crippen molar-refractivity contribution in [3.05, 3.63) is 89.4 Å². The van der Waals surface area contributed by atoms with Crippen molar-refractivity contribution in [3.63, 3.8) is 0 Å². The number of alkyl halides is 3. The molecule has 0 aliphatic carbocycles. The average molecular weight is 478 g/mol. The lowest BCUT2D eigenvalue weighted by atomic mass is 9.86. The largest absolute Gasteiger partial charge is 0.573 e. The van der Waals surface area contributed by atoms with Gasteiger partial charge in [-0.3, -0.25) is 0 Å². The topological polar surface area (TPSA) is 100.0 Å². The molecule has 9 nitrogen and oxygen atoms in total. The SMILES string of the molecule is C[C@@H](n1ncn(-c2ccc(OC(F)(F)F)cc2)c1=O)[C@](O)(Cn1cncn1)c1ccccc1F. The van der Waals surface area contributed by atoms with E-state index in [1.165, 1.54) is 54.6 Å². The Morgan fingerprint density at radius 3 is 2.38 bits per heavy atom. The zero-order valence-corrected chi connectivity index (χ0v) is 17.6. The van der Waals surface area contributed by atoms with Crippen LogP contribution in [0.5, 0.6) is 5.75 Å². The molecule has 4 aromatic rings. The molecule has 1 N–H and O–H groups in total. The molecule has 34 heavy (non-hydrogen) atoms.